The van der Waals surface area contributed by atoms with E-state index in [0.717, 1.165) is 0 Å². The third kappa shape index (κ3) is 3.89. The SMILES string of the molecule is CN(CC(C)(C)O)C(=O)c1ccc(-c2ccccc2F)s1. The number of aliphatic hydroxyl groups is 1. The maximum Gasteiger partial charge on any atom is 0.263 e. The van der Waals surface area contributed by atoms with Crippen LogP contribution in [0.2, 0.25) is 0 Å². The highest BCUT2D eigenvalue weighted by Gasteiger charge is 2.21. The van der Waals surface area contributed by atoms with Gasteiger partial charge in [0.2, 0.25) is 0 Å². The molecule has 0 atom stereocenters. The molecule has 2 rings (SSSR count). The summed E-state index contributed by atoms with van der Waals surface area (Å²) in [6.45, 7) is 3.53. The molecule has 0 fully saturated rings. The largest absolute Gasteiger partial charge is 0.389 e. The monoisotopic (exact) mass is 307 g/mol. The maximum atomic E-state index is 13.7. The Kier molecular flexibility index (Phi) is 4.44. The van der Waals surface area contributed by atoms with E-state index in [0.29, 0.717) is 15.3 Å². The van der Waals surface area contributed by atoms with Crippen molar-refractivity contribution in [3.05, 3.63) is 47.1 Å². The van der Waals surface area contributed by atoms with Gasteiger partial charge in [-0.2, -0.15) is 0 Å². The second-order valence-corrected chi connectivity index (χ2v) is 6.70. The fourth-order valence-corrected chi connectivity index (χ4v) is 3.13. The summed E-state index contributed by atoms with van der Waals surface area (Å²) in [7, 11) is 1.64. The van der Waals surface area contributed by atoms with Crippen LogP contribution in [0.1, 0.15) is 23.5 Å². The van der Waals surface area contributed by atoms with Crippen LogP contribution in [0.5, 0.6) is 0 Å². The van der Waals surface area contributed by atoms with Crippen molar-refractivity contribution in [3.8, 4) is 10.4 Å². The first-order valence-corrected chi connectivity index (χ1v) is 7.42. The molecule has 2 aromatic rings. The lowest BCUT2D eigenvalue weighted by molar-refractivity contribution is 0.0370. The van der Waals surface area contributed by atoms with Crippen LogP contribution < -0.4 is 0 Å². The van der Waals surface area contributed by atoms with E-state index in [1.165, 1.54) is 22.3 Å². The van der Waals surface area contributed by atoms with Crippen LogP contribution in [-0.4, -0.2) is 35.1 Å². The summed E-state index contributed by atoms with van der Waals surface area (Å²) in [5.74, 6) is -0.479. The topological polar surface area (TPSA) is 40.5 Å². The fraction of sp³-hybridized carbons (Fsp3) is 0.312. The smallest absolute Gasteiger partial charge is 0.263 e. The second kappa shape index (κ2) is 5.95. The summed E-state index contributed by atoms with van der Waals surface area (Å²) in [5, 5.41) is 9.76. The van der Waals surface area contributed by atoms with Gasteiger partial charge in [-0.05, 0) is 32.0 Å². The molecule has 1 N–H and O–H groups in total. The normalized spacial score (nSPS) is 11.5. The van der Waals surface area contributed by atoms with E-state index in [4.69, 9.17) is 0 Å². The molecule has 0 spiro atoms. The summed E-state index contributed by atoms with van der Waals surface area (Å²) >= 11 is 1.25. The highest BCUT2D eigenvalue weighted by molar-refractivity contribution is 7.17. The Morgan fingerprint density at radius 1 is 1.29 bits per heavy atom. The zero-order chi connectivity index (χ0) is 15.6. The van der Waals surface area contributed by atoms with Crippen molar-refractivity contribution in [2.24, 2.45) is 0 Å². The van der Waals surface area contributed by atoms with Gasteiger partial charge in [0.25, 0.3) is 5.91 Å². The number of thiophene rings is 1. The van der Waals surface area contributed by atoms with Crippen molar-refractivity contribution in [2.45, 2.75) is 19.4 Å². The molecule has 112 valence electrons. The van der Waals surface area contributed by atoms with Crippen LogP contribution in [0.25, 0.3) is 10.4 Å². The summed E-state index contributed by atoms with van der Waals surface area (Å²) < 4.78 is 13.7. The highest BCUT2D eigenvalue weighted by atomic mass is 32.1. The van der Waals surface area contributed by atoms with Crippen LogP contribution in [-0.2, 0) is 0 Å². The molecule has 5 heteroatoms. The minimum Gasteiger partial charge on any atom is -0.389 e. The number of nitrogens with zero attached hydrogens (tertiary/aromatic N) is 1. The van der Waals surface area contributed by atoms with Gasteiger partial charge in [0.15, 0.2) is 0 Å². The Balaban J connectivity index is 2.20. The minimum atomic E-state index is -0.948. The number of carbonyl (C=O) groups is 1. The fourth-order valence-electron chi connectivity index (χ4n) is 2.10. The van der Waals surface area contributed by atoms with E-state index in [1.807, 2.05) is 0 Å². The number of amides is 1. The van der Waals surface area contributed by atoms with E-state index < -0.39 is 5.60 Å². The quantitative estimate of drug-likeness (QED) is 0.940. The minimum absolute atomic E-state index is 0.176. The lowest BCUT2D eigenvalue weighted by Gasteiger charge is -2.25. The van der Waals surface area contributed by atoms with Gasteiger partial charge < -0.3 is 10.0 Å². The zero-order valence-corrected chi connectivity index (χ0v) is 13.1. The average molecular weight is 307 g/mol. The van der Waals surface area contributed by atoms with E-state index in [-0.39, 0.29) is 18.3 Å². The molecule has 1 aromatic carbocycles. The molecule has 0 bridgehead atoms. The highest BCUT2D eigenvalue weighted by Crippen LogP contribution is 2.30. The summed E-state index contributed by atoms with van der Waals surface area (Å²) in [4.78, 5) is 15.0. The predicted octanol–water partition coefficient (Wildman–Crippen LogP) is 3.40. The summed E-state index contributed by atoms with van der Waals surface area (Å²) in [6, 6.07) is 9.92. The number of halogens is 1. The molecular weight excluding hydrogens is 289 g/mol. The molecule has 0 saturated heterocycles. The lowest BCUT2D eigenvalue weighted by atomic mass is 10.1. The first kappa shape index (κ1) is 15.7. The Hall–Kier alpha value is -1.72. The molecule has 3 nitrogen and oxygen atoms in total. The van der Waals surface area contributed by atoms with Crippen LogP contribution >= 0.6 is 11.3 Å². The first-order chi connectivity index (χ1) is 9.78. The van der Waals surface area contributed by atoms with E-state index >= 15 is 0 Å². The molecule has 0 aliphatic carbocycles. The second-order valence-electron chi connectivity index (χ2n) is 5.62. The van der Waals surface area contributed by atoms with Gasteiger partial charge in [-0.25, -0.2) is 4.39 Å². The Labute approximate surface area is 127 Å². The van der Waals surface area contributed by atoms with E-state index in [9.17, 15) is 14.3 Å². The van der Waals surface area contributed by atoms with Gasteiger partial charge in [-0.15, -0.1) is 11.3 Å². The van der Waals surface area contributed by atoms with Crippen LogP contribution in [0, 0.1) is 5.82 Å². The molecule has 0 unspecified atom stereocenters. The Bertz CT molecular complexity index is 646. The molecule has 21 heavy (non-hydrogen) atoms. The van der Waals surface area contributed by atoms with E-state index in [2.05, 4.69) is 0 Å². The molecule has 1 amide bonds. The lowest BCUT2D eigenvalue weighted by Crippen LogP contribution is -2.39. The van der Waals surface area contributed by atoms with Crippen molar-refractivity contribution < 1.29 is 14.3 Å². The molecule has 0 aliphatic rings. The van der Waals surface area contributed by atoms with Crippen molar-refractivity contribution >= 4 is 17.2 Å². The van der Waals surface area contributed by atoms with E-state index in [1.54, 1.807) is 51.2 Å². The first-order valence-electron chi connectivity index (χ1n) is 6.60. The summed E-state index contributed by atoms with van der Waals surface area (Å²) in [5.41, 5.74) is -0.456. The number of hydrogen-bond donors (Lipinski definition) is 1. The molecule has 0 radical (unpaired) electrons. The molecule has 0 saturated carbocycles. The van der Waals surface area contributed by atoms with Gasteiger partial charge in [0.1, 0.15) is 5.82 Å². The standard InChI is InChI=1S/C16H18FNO2S/c1-16(2,20)10-18(3)15(19)14-9-8-13(21-14)11-6-4-5-7-12(11)17/h4-9,20H,10H2,1-3H3. The van der Waals surface area contributed by atoms with Gasteiger partial charge >= 0.3 is 0 Å². The number of benzene rings is 1. The van der Waals surface area contributed by atoms with Crippen molar-refractivity contribution in [3.63, 3.8) is 0 Å². The Morgan fingerprint density at radius 2 is 1.95 bits per heavy atom. The van der Waals surface area contributed by atoms with Gasteiger partial charge in [-0.3, -0.25) is 4.79 Å². The molecule has 0 aliphatic heterocycles. The van der Waals surface area contributed by atoms with Crippen molar-refractivity contribution in [1.82, 2.24) is 4.90 Å². The number of likely N-dealkylation sites (N-methyl/N-ethyl adjacent to an activating group) is 1. The van der Waals surface area contributed by atoms with Gasteiger partial charge in [0, 0.05) is 24.0 Å². The summed E-state index contributed by atoms with van der Waals surface area (Å²) in [6.07, 6.45) is 0. The zero-order valence-electron chi connectivity index (χ0n) is 12.3. The number of rotatable bonds is 4. The number of hydrogen-bond acceptors (Lipinski definition) is 3. The van der Waals surface area contributed by atoms with Gasteiger partial charge in [-0.1, -0.05) is 18.2 Å². The van der Waals surface area contributed by atoms with Crippen molar-refractivity contribution in [2.75, 3.05) is 13.6 Å². The Morgan fingerprint density at radius 3 is 2.57 bits per heavy atom. The van der Waals surface area contributed by atoms with Crippen molar-refractivity contribution in [1.29, 1.82) is 0 Å². The van der Waals surface area contributed by atoms with Crippen LogP contribution in [0.4, 0.5) is 4.39 Å². The molecule has 1 heterocycles. The number of carbonyl (C=O) groups excluding carboxylic acids is 1. The van der Waals surface area contributed by atoms with Gasteiger partial charge in [0.05, 0.1) is 10.5 Å². The molecule has 1 aromatic heterocycles. The maximum absolute atomic E-state index is 13.7. The third-order valence-electron chi connectivity index (χ3n) is 2.93. The van der Waals surface area contributed by atoms with Crippen LogP contribution in [0.3, 0.4) is 0 Å². The molecular formula is C16H18FNO2S. The third-order valence-corrected chi connectivity index (χ3v) is 4.03. The predicted molar refractivity (Wildman–Crippen MR) is 83.0 cm³/mol. The van der Waals surface area contributed by atoms with Crippen LogP contribution in [0.15, 0.2) is 36.4 Å². The average Bonchev–Trinajstić information content (AvgIpc) is 2.85.